The van der Waals surface area contributed by atoms with Gasteiger partial charge in [-0.3, -0.25) is 0 Å². The van der Waals surface area contributed by atoms with Crippen molar-refractivity contribution in [3.05, 3.63) is 29.7 Å². The summed E-state index contributed by atoms with van der Waals surface area (Å²) in [6, 6.07) is -1.11. The van der Waals surface area contributed by atoms with Crippen molar-refractivity contribution in [3.63, 3.8) is 0 Å². The van der Waals surface area contributed by atoms with Crippen LogP contribution in [0.15, 0.2) is 24.2 Å². The lowest BCUT2D eigenvalue weighted by Gasteiger charge is -1.90. The molecule has 0 aliphatic rings. The van der Waals surface area contributed by atoms with Gasteiger partial charge in [0.05, 0.1) is 5.48 Å². The topological polar surface area (TPSA) is 26.0 Å². The zero-order chi connectivity index (χ0) is 11.0. The molecule has 0 radical (unpaired) electrons. The minimum Gasteiger partial charge on any atom is -0.399 e. The zero-order valence-corrected chi connectivity index (χ0v) is 4.45. The van der Waals surface area contributed by atoms with Gasteiger partial charge in [-0.25, -0.2) is 0 Å². The fourth-order valence-electron chi connectivity index (χ4n) is 0.368. The lowest BCUT2D eigenvalue weighted by molar-refractivity contribution is 1.47. The highest BCUT2D eigenvalue weighted by atomic mass is 14.5. The summed E-state index contributed by atoms with van der Waals surface area (Å²) in [5.74, 6) is 0. The average Bonchev–Trinajstić information content (AvgIpc) is 2.11. The molecule has 8 heavy (non-hydrogen) atoms. The summed E-state index contributed by atoms with van der Waals surface area (Å²) in [4.78, 5) is 0. The molecule has 1 rings (SSSR count). The Labute approximate surface area is 57.7 Å². The Bertz CT molecular complexity index is 346. The first-order valence-electron chi connectivity index (χ1n) is 5.12. The molecule has 0 heterocycles. The van der Waals surface area contributed by atoms with Crippen molar-refractivity contribution in [3.8, 4) is 0 Å². The Morgan fingerprint density at radius 2 is 2.12 bits per heavy atom. The smallest absolute Gasteiger partial charge is 0.156 e. The van der Waals surface area contributed by atoms with Gasteiger partial charge in [0, 0.05) is 5.69 Å². The van der Waals surface area contributed by atoms with E-state index in [1.807, 2.05) is 0 Å². The van der Waals surface area contributed by atoms with Crippen molar-refractivity contribution in [1.29, 1.82) is 0 Å². The number of benzene rings is 1. The van der Waals surface area contributed by atoms with Gasteiger partial charge in [0.2, 0.25) is 0 Å². The maximum atomic E-state index is 7.43. The standard InChI is InChI=1S/C7H9N/c1-6-2-4-7(8)5-3-6/h2-5H,8H2,1H3/i2D,3D,4D,5D/hD2. The van der Waals surface area contributed by atoms with Crippen LogP contribution in [0.2, 0.25) is 2.82 Å². The molecule has 0 atom stereocenters. The van der Waals surface area contributed by atoms with Gasteiger partial charge in [0.25, 0.3) is 0 Å². The van der Waals surface area contributed by atoms with Gasteiger partial charge in [0.1, 0.15) is 0 Å². The van der Waals surface area contributed by atoms with E-state index in [-0.39, 0.29) is 41.1 Å². The Morgan fingerprint density at radius 3 is 2.62 bits per heavy atom. The number of anilines is 1. The fraction of sp³-hybridized carbons (Fsp3) is 0.143. The Hall–Kier alpha value is -0.980. The van der Waals surface area contributed by atoms with E-state index in [1.54, 1.807) is 0 Å². The molecule has 1 aromatic rings. The van der Waals surface area contributed by atoms with Crippen molar-refractivity contribution in [1.82, 2.24) is 0 Å². The lowest BCUT2D eigenvalue weighted by atomic mass is 10.2. The van der Waals surface area contributed by atoms with Crippen LogP contribution >= 0.6 is 0 Å². The van der Waals surface area contributed by atoms with E-state index < -0.39 is 0 Å². The first-order valence-corrected chi connectivity index (χ1v) is 2.22. The molecule has 2 N–H and O–H groups in total. The van der Waals surface area contributed by atoms with Crippen LogP contribution in [-0.4, -0.2) is 0 Å². The van der Waals surface area contributed by atoms with E-state index in [4.69, 9.17) is 8.31 Å². The summed E-state index contributed by atoms with van der Waals surface area (Å²) in [5.41, 5.74) is -0.00333. The van der Waals surface area contributed by atoms with Gasteiger partial charge in [-0.1, -0.05) is 17.6 Å². The molecular formula is C7H9N. The molecule has 0 bridgehead atoms. The third-order valence-corrected chi connectivity index (χ3v) is 0.737. The van der Waals surface area contributed by atoms with Crippen LogP contribution in [-0.2, 0) is 0 Å². The molecule has 0 amide bonds. The minimum atomic E-state index is -0.353. The second-order valence-electron chi connectivity index (χ2n) is 1.47. The second-order valence-corrected chi connectivity index (χ2v) is 1.47. The van der Waals surface area contributed by atoms with E-state index in [0.29, 0.717) is 0 Å². The molecule has 0 aromatic heterocycles. The van der Waals surface area contributed by atoms with Gasteiger partial charge >= 0.3 is 0 Å². The summed E-state index contributed by atoms with van der Waals surface area (Å²) in [7, 11) is 0. The average molecular weight is 113 g/mol. The molecule has 0 aliphatic carbocycles. The normalized spacial score (nSPS) is 19.1. The van der Waals surface area contributed by atoms with Crippen LogP contribution < -0.4 is 5.72 Å². The highest BCUT2D eigenvalue weighted by Gasteiger charge is 1.80. The first-order chi connectivity index (χ1) is 6.37. The maximum Gasteiger partial charge on any atom is 0.156 e. The summed E-state index contributed by atoms with van der Waals surface area (Å²) >= 11 is 0. The fourth-order valence-corrected chi connectivity index (χ4v) is 0.368. The van der Waals surface area contributed by atoms with Gasteiger partial charge in [0.15, 0.2) is 2.82 Å². The van der Waals surface area contributed by atoms with Crippen LogP contribution in [0.4, 0.5) is 5.69 Å². The van der Waals surface area contributed by atoms with E-state index in [9.17, 15) is 0 Å². The Morgan fingerprint density at radius 1 is 1.50 bits per heavy atom. The number of nitrogen functional groups attached to an aromatic ring is 1. The number of hydrogen-bond donors (Lipinski definition) is 1. The number of nitrogens with two attached hydrogens (primary N) is 1. The monoisotopic (exact) mass is 113 g/mol. The number of hydrogen-bond acceptors (Lipinski definition) is 1. The van der Waals surface area contributed by atoms with E-state index in [0.717, 1.165) is 0 Å². The van der Waals surface area contributed by atoms with Crippen molar-refractivity contribution in [2.24, 2.45) is 0 Å². The molecule has 1 nitrogen and oxygen atoms in total. The highest BCUT2D eigenvalue weighted by molar-refractivity contribution is 5.38. The summed E-state index contributed by atoms with van der Waals surface area (Å²) in [6.45, 7) is 1.47. The SMILES string of the molecule is [2H]c1c([2H])c(N([2H])[2H])c([2H])c([2H])c1C. The molecule has 42 valence electrons. The molecule has 0 fully saturated rings. The van der Waals surface area contributed by atoms with E-state index >= 15 is 0 Å². The Kier molecular flexibility index (Phi) is 0.350. The van der Waals surface area contributed by atoms with Gasteiger partial charge < -0.3 is 5.72 Å². The predicted octanol–water partition coefficient (Wildman–Crippen LogP) is 1.58. The van der Waals surface area contributed by atoms with Gasteiger partial charge in [-0.2, -0.15) is 0 Å². The van der Waals surface area contributed by atoms with E-state index in [1.165, 1.54) is 6.92 Å². The zero-order valence-electron chi connectivity index (χ0n) is 10.4. The third-order valence-electron chi connectivity index (χ3n) is 0.737. The second kappa shape index (κ2) is 1.86. The molecule has 0 aliphatic heterocycles. The Balaban J connectivity index is 3.60. The van der Waals surface area contributed by atoms with Crippen LogP contribution in [0.5, 0.6) is 0 Å². The van der Waals surface area contributed by atoms with E-state index in [2.05, 4.69) is 0 Å². The largest absolute Gasteiger partial charge is 0.399 e. The quantitative estimate of drug-likeness (QED) is 0.550. The van der Waals surface area contributed by atoms with Crippen LogP contribution in [0, 0.1) is 6.92 Å². The lowest BCUT2D eigenvalue weighted by Crippen LogP contribution is -1.81. The third kappa shape index (κ3) is 0.997. The maximum absolute atomic E-state index is 7.43. The molecule has 0 saturated heterocycles. The van der Waals surface area contributed by atoms with Crippen molar-refractivity contribution < 1.29 is 8.31 Å². The predicted molar refractivity (Wildman–Crippen MR) is 35.6 cm³/mol. The molecule has 0 spiro atoms. The summed E-state index contributed by atoms with van der Waals surface area (Å²) in [6.07, 6.45) is 0. The van der Waals surface area contributed by atoms with Crippen LogP contribution in [0.3, 0.4) is 0 Å². The number of rotatable bonds is 1. The van der Waals surface area contributed by atoms with Crippen molar-refractivity contribution in [2.45, 2.75) is 6.92 Å². The highest BCUT2D eigenvalue weighted by Crippen LogP contribution is 2.02. The first kappa shape index (κ1) is 1.50. The van der Waals surface area contributed by atoms with Crippen molar-refractivity contribution >= 4 is 5.69 Å². The molecule has 0 unspecified atom stereocenters. The van der Waals surface area contributed by atoms with Gasteiger partial charge in [-0.05, 0) is 19.0 Å². The molecule has 0 saturated carbocycles. The molecular weight excluding hydrogens is 98.1 g/mol. The van der Waals surface area contributed by atoms with Crippen LogP contribution in [0.1, 0.15) is 11.0 Å². The van der Waals surface area contributed by atoms with Crippen LogP contribution in [0.25, 0.3) is 0 Å². The molecule has 1 heteroatoms. The summed E-state index contributed by atoms with van der Waals surface area (Å²) < 4.78 is 43.6. The van der Waals surface area contributed by atoms with Crippen molar-refractivity contribution in [2.75, 3.05) is 5.72 Å². The van der Waals surface area contributed by atoms with Gasteiger partial charge in [-0.15, -0.1) is 0 Å². The molecule has 1 aromatic carbocycles. The summed E-state index contributed by atoms with van der Waals surface area (Å²) in [5, 5.41) is 0. The minimum absolute atomic E-state index is 0.0974.